The lowest BCUT2D eigenvalue weighted by Crippen LogP contribution is -2.40. The minimum absolute atomic E-state index is 0.0442. The Balaban J connectivity index is 1.57. The highest BCUT2D eigenvalue weighted by Gasteiger charge is 2.28. The van der Waals surface area contributed by atoms with Gasteiger partial charge in [0.2, 0.25) is 11.8 Å². The summed E-state index contributed by atoms with van der Waals surface area (Å²) in [7, 11) is 0. The maximum atomic E-state index is 11.3. The first-order chi connectivity index (χ1) is 15.6. The van der Waals surface area contributed by atoms with Crippen molar-refractivity contribution in [2.75, 3.05) is 13.1 Å². The van der Waals surface area contributed by atoms with E-state index >= 15 is 0 Å². The van der Waals surface area contributed by atoms with E-state index in [1.165, 1.54) is 12.6 Å². The SMILES string of the molecule is NC(=O)c1ccc(Oc2cccc3c(C(c4cccc(O)c4)N4CCC4)cccc23)nc1. The van der Waals surface area contributed by atoms with Gasteiger partial charge in [-0.1, -0.05) is 42.5 Å². The average molecular weight is 425 g/mol. The van der Waals surface area contributed by atoms with Gasteiger partial charge in [0.25, 0.3) is 0 Å². The highest BCUT2D eigenvalue weighted by atomic mass is 16.5. The number of nitrogens with zero attached hydrogens (tertiary/aromatic N) is 2. The van der Waals surface area contributed by atoms with Gasteiger partial charge in [-0.15, -0.1) is 0 Å². The third-order valence-corrected chi connectivity index (χ3v) is 5.89. The molecule has 0 aliphatic carbocycles. The minimum atomic E-state index is -0.525. The van der Waals surface area contributed by atoms with Crippen LogP contribution in [0.3, 0.4) is 0 Å². The number of carbonyl (C=O) groups excluding carboxylic acids is 1. The second kappa shape index (κ2) is 8.32. The quantitative estimate of drug-likeness (QED) is 0.470. The number of fused-ring (bicyclic) bond motifs is 1. The molecule has 0 bridgehead atoms. The van der Waals surface area contributed by atoms with Crippen molar-refractivity contribution in [2.24, 2.45) is 5.73 Å². The van der Waals surface area contributed by atoms with Crippen molar-refractivity contribution in [1.29, 1.82) is 0 Å². The van der Waals surface area contributed by atoms with E-state index in [-0.39, 0.29) is 11.8 Å². The Morgan fingerprint density at radius 3 is 2.47 bits per heavy atom. The summed E-state index contributed by atoms with van der Waals surface area (Å²) in [6.07, 6.45) is 2.58. The van der Waals surface area contributed by atoms with E-state index in [4.69, 9.17) is 10.5 Å². The fourth-order valence-electron chi connectivity index (χ4n) is 4.21. The predicted octanol–water partition coefficient (Wildman–Crippen LogP) is 4.63. The van der Waals surface area contributed by atoms with Crippen LogP contribution >= 0.6 is 0 Å². The fourth-order valence-corrected chi connectivity index (χ4v) is 4.21. The number of hydrogen-bond donors (Lipinski definition) is 2. The lowest BCUT2D eigenvalue weighted by atomic mass is 9.90. The number of aromatic hydroxyl groups is 1. The molecule has 1 atom stereocenters. The number of ether oxygens (including phenoxy) is 1. The second-order valence-electron chi connectivity index (χ2n) is 7.94. The van der Waals surface area contributed by atoms with Crippen molar-refractivity contribution in [2.45, 2.75) is 12.5 Å². The maximum absolute atomic E-state index is 11.3. The normalized spacial score (nSPS) is 14.6. The number of phenols is 1. The Labute approximate surface area is 185 Å². The van der Waals surface area contributed by atoms with Crippen LogP contribution in [0, 0.1) is 0 Å². The van der Waals surface area contributed by atoms with Crippen molar-refractivity contribution in [3.8, 4) is 17.4 Å². The Morgan fingerprint density at radius 2 is 1.78 bits per heavy atom. The number of carbonyl (C=O) groups is 1. The zero-order valence-electron chi connectivity index (χ0n) is 17.4. The smallest absolute Gasteiger partial charge is 0.250 e. The molecule has 2 heterocycles. The molecule has 3 N–H and O–H groups in total. The number of benzene rings is 3. The Bertz CT molecular complexity index is 1280. The van der Waals surface area contributed by atoms with E-state index in [0.29, 0.717) is 17.2 Å². The average Bonchev–Trinajstić information content (AvgIpc) is 2.76. The van der Waals surface area contributed by atoms with Gasteiger partial charge in [-0.2, -0.15) is 0 Å². The number of phenolic OH excluding ortho intramolecular Hbond substituents is 1. The molecule has 6 heteroatoms. The standard InChI is InChI=1S/C26H23N3O3/c27-26(31)18-11-12-24(28-16-18)32-23-10-3-7-20-21(23)8-2-9-22(20)25(29-13-4-14-29)17-5-1-6-19(30)15-17/h1-3,5-12,15-16,25,30H,4,13-14H2,(H2,27,31). The van der Waals surface area contributed by atoms with Crippen molar-refractivity contribution in [3.05, 3.63) is 95.7 Å². The Morgan fingerprint density at radius 1 is 1.00 bits per heavy atom. The lowest BCUT2D eigenvalue weighted by Gasteiger charge is -2.39. The molecule has 1 aliphatic heterocycles. The number of pyridine rings is 1. The molecular formula is C26H23N3O3. The number of nitrogens with two attached hydrogens (primary N) is 1. The highest BCUT2D eigenvalue weighted by molar-refractivity contribution is 5.93. The third kappa shape index (κ3) is 3.76. The van der Waals surface area contributed by atoms with Crippen LogP contribution in [0.25, 0.3) is 10.8 Å². The van der Waals surface area contributed by atoms with E-state index in [1.807, 2.05) is 36.4 Å². The first kappa shape index (κ1) is 20.0. The molecule has 0 spiro atoms. The fraction of sp³-hybridized carbons (Fsp3) is 0.154. The van der Waals surface area contributed by atoms with Crippen LogP contribution in [0.15, 0.2) is 79.0 Å². The Kier molecular flexibility index (Phi) is 5.21. The molecule has 6 nitrogen and oxygen atoms in total. The lowest BCUT2D eigenvalue weighted by molar-refractivity contribution is 0.1000. The van der Waals surface area contributed by atoms with Gasteiger partial charge >= 0.3 is 0 Å². The summed E-state index contributed by atoms with van der Waals surface area (Å²) in [5.41, 5.74) is 7.85. The monoisotopic (exact) mass is 425 g/mol. The number of likely N-dealkylation sites (tertiary alicyclic amines) is 1. The van der Waals surface area contributed by atoms with Gasteiger partial charge in [-0.05, 0) is 47.2 Å². The summed E-state index contributed by atoms with van der Waals surface area (Å²) in [5, 5.41) is 12.1. The van der Waals surface area contributed by atoms with Crippen LogP contribution in [-0.2, 0) is 0 Å². The molecule has 1 saturated heterocycles. The number of hydrogen-bond acceptors (Lipinski definition) is 5. The predicted molar refractivity (Wildman–Crippen MR) is 123 cm³/mol. The molecule has 32 heavy (non-hydrogen) atoms. The van der Waals surface area contributed by atoms with Crippen molar-refractivity contribution in [1.82, 2.24) is 9.88 Å². The number of aromatic nitrogens is 1. The molecule has 4 aromatic rings. The van der Waals surface area contributed by atoms with Crippen molar-refractivity contribution in [3.63, 3.8) is 0 Å². The van der Waals surface area contributed by atoms with Gasteiger partial charge < -0.3 is 15.6 Å². The number of amides is 1. The summed E-state index contributed by atoms with van der Waals surface area (Å²) < 4.78 is 6.07. The minimum Gasteiger partial charge on any atom is -0.508 e. The molecule has 1 fully saturated rings. The van der Waals surface area contributed by atoms with Crippen LogP contribution < -0.4 is 10.5 Å². The molecule has 1 aliphatic rings. The summed E-state index contributed by atoms with van der Waals surface area (Å²) >= 11 is 0. The maximum Gasteiger partial charge on any atom is 0.250 e. The van der Waals surface area contributed by atoms with Crippen LogP contribution in [0.4, 0.5) is 0 Å². The van der Waals surface area contributed by atoms with Gasteiger partial charge in [-0.3, -0.25) is 9.69 Å². The summed E-state index contributed by atoms with van der Waals surface area (Å²) in [5.74, 6) is 0.813. The van der Waals surface area contributed by atoms with E-state index in [0.717, 1.165) is 35.0 Å². The zero-order valence-corrected chi connectivity index (χ0v) is 17.4. The zero-order chi connectivity index (χ0) is 22.1. The molecule has 0 radical (unpaired) electrons. The summed E-state index contributed by atoms with van der Waals surface area (Å²) in [6.45, 7) is 2.03. The molecule has 1 aromatic heterocycles. The van der Waals surface area contributed by atoms with E-state index in [2.05, 4.69) is 28.1 Å². The van der Waals surface area contributed by atoms with Crippen molar-refractivity contribution < 1.29 is 14.6 Å². The van der Waals surface area contributed by atoms with Crippen LogP contribution in [0.5, 0.6) is 17.4 Å². The molecule has 160 valence electrons. The van der Waals surface area contributed by atoms with Crippen LogP contribution in [0.1, 0.15) is 33.9 Å². The van der Waals surface area contributed by atoms with Gasteiger partial charge in [0.05, 0.1) is 11.6 Å². The van der Waals surface area contributed by atoms with E-state index < -0.39 is 5.91 Å². The topological polar surface area (TPSA) is 88.7 Å². The van der Waals surface area contributed by atoms with Gasteiger partial charge in [0.1, 0.15) is 11.5 Å². The van der Waals surface area contributed by atoms with Crippen molar-refractivity contribution >= 4 is 16.7 Å². The number of primary amides is 1. The largest absolute Gasteiger partial charge is 0.508 e. The van der Waals surface area contributed by atoms with Gasteiger partial charge in [-0.25, -0.2) is 4.98 Å². The second-order valence-corrected chi connectivity index (χ2v) is 7.94. The molecule has 3 aromatic carbocycles. The first-order valence-electron chi connectivity index (χ1n) is 10.6. The number of rotatable bonds is 6. The van der Waals surface area contributed by atoms with Crippen LogP contribution in [0.2, 0.25) is 0 Å². The van der Waals surface area contributed by atoms with E-state index in [9.17, 15) is 9.90 Å². The Hall–Kier alpha value is -3.90. The molecular weight excluding hydrogens is 402 g/mol. The summed E-state index contributed by atoms with van der Waals surface area (Å²) in [4.78, 5) is 17.9. The molecule has 5 rings (SSSR count). The summed E-state index contributed by atoms with van der Waals surface area (Å²) in [6, 6.07) is 22.9. The van der Waals surface area contributed by atoms with Gasteiger partial charge in [0.15, 0.2) is 0 Å². The highest BCUT2D eigenvalue weighted by Crippen LogP contribution is 2.39. The molecule has 1 unspecified atom stereocenters. The van der Waals surface area contributed by atoms with Gasteiger partial charge in [0, 0.05) is 30.7 Å². The van der Waals surface area contributed by atoms with E-state index in [1.54, 1.807) is 18.2 Å². The molecule has 0 saturated carbocycles. The molecule has 1 amide bonds. The first-order valence-corrected chi connectivity index (χ1v) is 10.6. The van der Waals surface area contributed by atoms with Crippen LogP contribution in [-0.4, -0.2) is 34.0 Å². The third-order valence-electron chi connectivity index (χ3n) is 5.89.